The fourth-order valence-electron chi connectivity index (χ4n) is 3.32. The van der Waals surface area contributed by atoms with E-state index in [9.17, 15) is 10.1 Å². The van der Waals surface area contributed by atoms with Gasteiger partial charge in [-0.25, -0.2) is 4.79 Å². The van der Waals surface area contributed by atoms with Crippen LogP contribution in [0.1, 0.15) is 24.0 Å². The summed E-state index contributed by atoms with van der Waals surface area (Å²) in [4.78, 5) is 18.4. The number of nitrogens with two attached hydrogens (primary N) is 1. The maximum absolute atomic E-state index is 12.9. The summed E-state index contributed by atoms with van der Waals surface area (Å²) in [5, 5.41) is 9.06. The first-order chi connectivity index (χ1) is 12.0. The zero-order valence-corrected chi connectivity index (χ0v) is 15.2. The van der Waals surface area contributed by atoms with Crippen molar-refractivity contribution in [2.45, 2.75) is 30.8 Å². The Morgan fingerprint density at radius 1 is 1.40 bits per heavy atom. The van der Waals surface area contributed by atoms with Crippen molar-refractivity contribution in [2.24, 2.45) is 5.73 Å². The molecule has 132 valence electrons. The summed E-state index contributed by atoms with van der Waals surface area (Å²) in [5.41, 5.74) is 7.54. The number of hydrogen-bond donors (Lipinski definition) is 2. The maximum atomic E-state index is 12.9. The van der Waals surface area contributed by atoms with Crippen molar-refractivity contribution in [2.75, 3.05) is 20.1 Å². The number of benzene rings is 1. The Hall–Kier alpha value is -2.17. The molecule has 2 N–H and O–H groups in total. The third-order valence-electron chi connectivity index (χ3n) is 4.75. The maximum Gasteiger partial charge on any atom is 0.326 e. The minimum atomic E-state index is -0.275. The number of amides is 2. The van der Waals surface area contributed by atoms with Gasteiger partial charge in [-0.1, -0.05) is 18.2 Å². The van der Waals surface area contributed by atoms with Crippen LogP contribution in [-0.4, -0.2) is 52.3 Å². The molecule has 0 aromatic heterocycles. The van der Waals surface area contributed by atoms with E-state index in [1.165, 1.54) is 0 Å². The van der Waals surface area contributed by atoms with Crippen molar-refractivity contribution in [3.63, 3.8) is 0 Å². The van der Waals surface area contributed by atoms with Crippen LogP contribution >= 0.6 is 12.6 Å². The highest BCUT2D eigenvalue weighted by Gasteiger charge is 2.34. The average molecular weight is 357 g/mol. The predicted octanol–water partition coefficient (Wildman–Crippen LogP) is 1.95. The lowest BCUT2D eigenvalue weighted by Crippen LogP contribution is -2.53. The van der Waals surface area contributed by atoms with Crippen LogP contribution in [0, 0.1) is 11.3 Å². The zero-order chi connectivity index (χ0) is 18.0. The van der Waals surface area contributed by atoms with E-state index in [0.29, 0.717) is 12.1 Å². The molecule has 2 aliphatic rings. The minimum absolute atomic E-state index is 0.107. The summed E-state index contributed by atoms with van der Waals surface area (Å²) in [6.07, 6.45) is 3.99. The van der Waals surface area contributed by atoms with Gasteiger partial charge in [-0.15, -0.1) is 0 Å². The van der Waals surface area contributed by atoms with Crippen LogP contribution in [-0.2, 0) is 6.54 Å². The van der Waals surface area contributed by atoms with Crippen molar-refractivity contribution < 1.29 is 4.79 Å². The fourth-order valence-corrected chi connectivity index (χ4v) is 3.55. The van der Waals surface area contributed by atoms with Gasteiger partial charge in [-0.3, -0.25) is 4.90 Å². The van der Waals surface area contributed by atoms with E-state index in [-0.39, 0.29) is 17.4 Å². The molecule has 25 heavy (non-hydrogen) atoms. The van der Waals surface area contributed by atoms with Gasteiger partial charge in [-0.05, 0) is 30.5 Å². The Morgan fingerprint density at radius 3 is 2.88 bits per heavy atom. The molecular weight excluding hydrogens is 334 g/mol. The van der Waals surface area contributed by atoms with Gasteiger partial charge in [0.15, 0.2) is 0 Å². The van der Waals surface area contributed by atoms with E-state index in [1.807, 2.05) is 24.3 Å². The van der Waals surface area contributed by atoms with Crippen molar-refractivity contribution in [3.8, 4) is 6.07 Å². The van der Waals surface area contributed by atoms with Gasteiger partial charge in [0.05, 0.1) is 23.6 Å². The van der Waals surface area contributed by atoms with Crippen molar-refractivity contribution in [1.29, 1.82) is 5.26 Å². The molecule has 1 aromatic carbocycles. The number of rotatable bonds is 3. The largest absolute Gasteiger partial charge is 0.357 e. The number of likely N-dealkylation sites (N-methyl/N-ethyl adjacent to an activating group) is 1. The molecule has 2 amide bonds. The van der Waals surface area contributed by atoms with Crippen molar-refractivity contribution in [1.82, 2.24) is 14.7 Å². The summed E-state index contributed by atoms with van der Waals surface area (Å²) in [6, 6.07) is 9.56. The molecule has 1 fully saturated rings. The van der Waals surface area contributed by atoms with Crippen LogP contribution in [0.3, 0.4) is 0 Å². The van der Waals surface area contributed by atoms with Gasteiger partial charge in [0.2, 0.25) is 0 Å². The second-order valence-corrected chi connectivity index (χ2v) is 7.06. The van der Waals surface area contributed by atoms with Gasteiger partial charge in [-0.2, -0.15) is 17.9 Å². The van der Waals surface area contributed by atoms with Crippen LogP contribution in [0.25, 0.3) is 0 Å². The zero-order valence-electron chi connectivity index (χ0n) is 14.3. The van der Waals surface area contributed by atoms with Crippen LogP contribution in [0.2, 0.25) is 0 Å². The molecule has 2 aliphatic heterocycles. The predicted molar refractivity (Wildman–Crippen MR) is 99.5 cm³/mol. The Kier molecular flexibility index (Phi) is 5.21. The van der Waals surface area contributed by atoms with Crippen LogP contribution in [0.15, 0.2) is 36.2 Å². The Balaban J connectivity index is 1.94. The molecule has 3 rings (SSSR count). The van der Waals surface area contributed by atoms with Crippen molar-refractivity contribution >= 4 is 18.7 Å². The van der Waals surface area contributed by atoms with E-state index in [2.05, 4.69) is 23.6 Å². The summed E-state index contributed by atoms with van der Waals surface area (Å²) in [7, 11) is 1.73. The summed E-state index contributed by atoms with van der Waals surface area (Å²) in [5.74, 6) is 0.839. The van der Waals surface area contributed by atoms with Gasteiger partial charge in [0.1, 0.15) is 5.82 Å². The molecule has 0 saturated carbocycles. The number of nitrogens with zero attached hydrogens (tertiary/aromatic N) is 4. The van der Waals surface area contributed by atoms with Gasteiger partial charge in [0, 0.05) is 26.2 Å². The van der Waals surface area contributed by atoms with E-state index < -0.39 is 0 Å². The summed E-state index contributed by atoms with van der Waals surface area (Å²) in [6.45, 7) is 1.94. The normalized spacial score (nSPS) is 24.2. The van der Waals surface area contributed by atoms with E-state index in [4.69, 9.17) is 5.73 Å². The second-order valence-electron chi connectivity index (χ2n) is 6.54. The molecule has 2 atom stereocenters. The quantitative estimate of drug-likeness (QED) is 0.811. The highest BCUT2D eigenvalue weighted by atomic mass is 32.1. The molecule has 0 aliphatic carbocycles. The number of thiol groups is 1. The van der Waals surface area contributed by atoms with Crippen LogP contribution in [0.5, 0.6) is 0 Å². The number of likely N-dealkylation sites (tertiary alicyclic amines) is 1. The molecule has 1 saturated heterocycles. The molecule has 0 bridgehead atoms. The highest BCUT2D eigenvalue weighted by Crippen LogP contribution is 2.28. The molecular formula is C18H23N5OS. The molecule has 6 nitrogen and oxygen atoms in total. The topological polar surface area (TPSA) is 76.6 Å². The first kappa shape index (κ1) is 17.6. The van der Waals surface area contributed by atoms with E-state index in [0.717, 1.165) is 37.3 Å². The van der Waals surface area contributed by atoms with Gasteiger partial charge < -0.3 is 15.5 Å². The molecule has 1 aromatic rings. The van der Waals surface area contributed by atoms with E-state index >= 15 is 0 Å². The third kappa shape index (κ3) is 3.60. The Bertz CT molecular complexity index is 728. The summed E-state index contributed by atoms with van der Waals surface area (Å²) < 4.78 is 0. The molecule has 0 unspecified atom stereocenters. The minimum Gasteiger partial charge on any atom is -0.357 e. The molecule has 0 radical (unpaired) electrons. The monoisotopic (exact) mass is 357 g/mol. The second kappa shape index (κ2) is 7.38. The van der Waals surface area contributed by atoms with Gasteiger partial charge >= 0.3 is 6.03 Å². The molecule has 0 spiro atoms. The van der Waals surface area contributed by atoms with Crippen LogP contribution < -0.4 is 5.73 Å². The number of piperidine rings is 1. The highest BCUT2D eigenvalue weighted by molar-refractivity contribution is 7.81. The van der Waals surface area contributed by atoms with E-state index in [1.54, 1.807) is 22.9 Å². The van der Waals surface area contributed by atoms with Crippen LogP contribution in [0.4, 0.5) is 4.79 Å². The first-order valence-corrected chi connectivity index (χ1v) is 8.95. The lowest BCUT2D eigenvalue weighted by molar-refractivity contribution is 0.129. The lowest BCUT2D eigenvalue weighted by Gasteiger charge is -2.44. The lowest BCUT2D eigenvalue weighted by atomic mass is 10.1. The number of hydrogen-bond acceptors (Lipinski definition) is 5. The van der Waals surface area contributed by atoms with Crippen molar-refractivity contribution in [3.05, 3.63) is 47.3 Å². The Labute approximate surface area is 153 Å². The van der Waals surface area contributed by atoms with Gasteiger partial charge in [0.25, 0.3) is 0 Å². The average Bonchev–Trinajstić information content (AvgIpc) is 2.62. The standard InChI is InChI=1S/C18H23N5OS/c1-21-17(25)9-16(22-8-4-7-15(20)12-22)23(18(21)24)11-14-6-3-2-5-13(14)10-19/h2-3,5-6,9,15,17,25H,4,7-8,11-12,20H2,1H3/t15-,17-/m1/s1. The smallest absolute Gasteiger partial charge is 0.326 e. The third-order valence-corrected chi connectivity index (χ3v) is 5.25. The fraction of sp³-hybridized carbons (Fsp3) is 0.444. The first-order valence-electron chi connectivity index (χ1n) is 8.44. The number of urea groups is 1. The number of nitriles is 1. The number of carbonyl (C=O) groups excluding carboxylic acids is 1. The molecule has 7 heteroatoms. The Morgan fingerprint density at radius 2 is 2.16 bits per heavy atom. The molecule has 2 heterocycles. The summed E-state index contributed by atoms with van der Waals surface area (Å²) >= 11 is 4.51. The number of carbonyl (C=O) groups is 1. The SMILES string of the molecule is CN1C(=O)N(Cc2ccccc2C#N)C(N2CCC[C@@H](N)C2)=C[C@H]1S.